The minimum atomic E-state index is -0.747. The van der Waals surface area contributed by atoms with Crippen molar-refractivity contribution in [3.63, 3.8) is 0 Å². The predicted molar refractivity (Wildman–Crippen MR) is 37.7 cm³/mol. The number of hydrogen-bond donors (Lipinski definition) is 1. The number of rotatable bonds is 2. The Balaban J connectivity index is 2.74. The summed E-state index contributed by atoms with van der Waals surface area (Å²) in [5.41, 5.74) is 1.77. The minimum Gasteiger partial charge on any atom is -0.234 e. The maximum Gasteiger partial charge on any atom is 0.285 e. The topological polar surface area (TPSA) is 81.0 Å². The number of hydrazine groups is 1. The van der Waals surface area contributed by atoms with Crippen LogP contribution in [0.1, 0.15) is 0 Å². The second-order valence-corrected chi connectivity index (χ2v) is 2.03. The third-order valence-corrected chi connectivity index (χ3v) is 1.01. The van der Waals surface area contributed by atoms with Crippen LogP contribution in [0, 0.1) is 10.1 Å². The zero-order valence-corrected chi connectivity index (χ0v) is 5.95. The highest BCUT2D eigenvalue weighted by atomic mass is 35.5. The molecule has 6 nitrogen and oxygen atoms in total. The van der Waals surface area contributed by atoms with Crippen LogP contribution in [0.4, 0.5) is 5.95 Å². The smallest absolute Gasteiger partial charge is 0.234 e. The van der Waals surface area contributed by atoms with Gasteiger partial charge in [0.15, 0.2) is 5.03 Å². The van der Waals surface area contributed by atoms with Gasteiger partial charge in [-0.05, 0) is 0 Å². The van der Waals surface area contributed by atoms with E-state index in [1.807, 2.05) is 0 Å². The molecule has 0 fully saturated rings. The van der Waals surface area contributed by atoms with Crippen LogP contribution in [-0.4, -0.2) is 15.0 Å². The van der Waals surface area contributed by atoms with E-state index in [2.05, 4.69) is 9.97 Å². The number of nitro groups is 1. The van der Waals surface area contributed by atoms with Gasteiger partial charge in [0, 0.05) is 0 Å². The van der Waals surface area contributed by atoms with Gasteiger partial charge in [-0.25, -0.2) is 20.1 Å². The van der Waals surface area contributed by atoms with E-state index in [1.54, 1.807) is 5.43 Å². The number of hydrogen-bond acceptors (Lipinski definition) is 4. The average molecular weight is 175 g/mol. The molecule has 0 aliphatic heterocycles. The minimum absolute atomic E-state index is 0.0839. The van der Waals surface area contributed by atoms with Crippen LogP contribution < -0.4 is 5.43 Å². The Hall–Kier alpha value is -1.43. The van der Waals surface area contributed by atoms with Crippen molar-refractivity contribution in [3.8, 4) is 0 Å². The number of anilines is 1. The van der Waals surface area contributed by atoms with Gasteiger partial charge in [0.1, 0.15) is 0 Å². The summed E-state index contributed by atoms with van der Waals surface area (Å²) < 4.78 is 0. The fourth-order valence-electron chi connectivity index (χ4n) is 0.452. The highest BCUT2D eigenvalue weighted by molar-refractivity contribution is 6.30. The van der Waals surface area contributed by atoms with Crippen LogP contribution >= 0.6 is 11.6 Å². The molecule has 11 heavy (non-hydrogen) atoms. The Kier molecular flexibility index (Phi) is 2.17. The SMILES string of the molecule is O=[N+]([O-])Nc1ncc(Cl)cn1. The molecular weight excluding hydrogens is 172 g/mol. The van der Waals surface area contributed by atoms with Crippen molar-refractivity contribution in [2.24, 2.45) is 0 Å². The van der Waals surface area contributed by atoms with Gasteiger partial charge in [-0.2, -0.15) is 0 Å². The first-order valence-electron chi connectivity index (χ1n) is 2.57. The van der Waals surface area contributed by atoms with Gasteiger partial charge in [-0.3, -0.25) is 0 Å². The molecule has 0 radical (unpaired) electrons. The number of nitrogens with zero attached hydrogens (tertiary/aromatic N) is 3. The monoisotopic (exact) mass is 174 g/mol. The molecule has 0 bridgehead atoms. The average Bonchev–Trinajstić information content (AvgIpc) is 1.93. The lowest BCUT2D eigenvalue weighted by atomic mass is 10.7. The summed E-state index contributed by atoms with van der Waals surface area (Å²) in [4.78, 5) is 16.9. The molecule has 0 aliphatic carbocycles. The van der Waals surface area contributed by atoms with E-state index < -0.39 is 5.03 Å². The summed E-state index contributed by atoms with van der Waals surface area (Å²) in [5.74, 6) is -0.0839. The standard InChI is InChI=1S/C4H3ClN4O2/c5-3-1-6-4(7-2-3)8-9(10)11/h1-2H,(H,6,7,8). The molecule has 58 valence electrons. The summed E-state index contributed by atoms with van der Waals surface area (Å²) in [6, 6.07) is 0. The van der Waals surface area contributed by atoms with Crippen LogP contribution in [0.15, 0.2) is 12.4 Å². The Morgan fingerprint density at radius 2 is 2.09 bits per heavy atom. The highest BCUT2D eigenvalue weighted by Gasteiger charge is 2.00. The van der Waals surface area contributed by atoms with Gasteiger partial charge in [-0.1, -0.05) is 17.0 Å². The van der Waals surface area contributed by atoms with Gasteiger partial charge >= 0.3 is 0 Å². The van der Waals surface area contributed by atoms with E-state index >= 15 is 0 Å². The maximum absolute atomic E-state index is 9.84. The lowest BCUT2D eigenvalue weighted by Gasteiger charge is -1.92. The van der Waals surface area contributed by atoms with E-state index in [0.29, 0.717) is 5.02 Å². The predicted octanol–water partition coefficient (Wildman–Crippen LogP) is 0.734. The van der Waals surface area contributed by atoms with Crippen LogP contribution in [0.25, 0.3) is 0 Å². The molecule has 1 aromatic heterocycles. The van der Waals surface area contributed by atoms with Crippen LogP contribution in [-0.2, 0) is 0 Å². The molecule has 7 heteroatoms. The molecule has 1 N–H and O–H groups in total. The lowest BCUT2D eigenvalue weighted by Crippen LogP contribution is -2.10. The molecule has 0 amide bonds. The van der Waals surface area contributed by atoms with E-state index in [-0.39, 0.29) is 5.95 Å². The molecule has 0 aromatic carbocycles. The van der Waals surface area contributed by atoms with Gasteiger partial charge in [-0.15, -0.1) is 0 Å². The normalized spacial score (nSPS) is 9.18. The second kappa shape index (κ2) is 3.11. The molecule has 0 atom stereocenters. The molecular formula is C4H3ClN4O2. The first-order chi connectivity index (χ1) is 5.18. The number of halogens is 1. The fourth-order valence-corrected chi connectivity index (χ4v) is 0.549. The Labute approximate surface area is 66.3 Å². The summed E-state index contributed by atoms with van der Waals surface area (Å²) >= 11 is 5.43. The van der Waals surface area contributed by atoms with E-state index in [1.165, 1.54) is 12.4 Å². The maximum atomic E-state index is 9.84. The number of nitrogens with one attached hydrogen (secondary N) is 1. The van der Waals surface area contributed by atoms with Crippen molar-refractivity contribution in [1.82, 2.24) is 9.97 Å². The zero-order valence-electron chi connectivity index (χ0n) is 5.19. The molecule has 0 unspecified atom stereocenters. The van der Waals surface area contributed by atoms with Crippen molar-refractivity contribution in [3.05, 3.63) is 27.5 Å². The largest absolute Gasteiger partial charge is 0.285 e. The summed E-state index contributed by atoms with van der Waals surface area (Å²) in [6.07, 6.45) is 2.53. The van der Waals surface area contributed by atoms with Gasteiger partial charge < -0.3 is 0 Å². The number of aromatic nitrogens is 2. The molecule has 1 rings (SSSR count). The van der Waals surface area contributed by atoms with Crippen molar-refractivity contribution in [2.75, 3.05) is 5.43 Å². The molecule has 1 aromatic rings. The summed E-state index contributed by atoms with van der Waals surface area (Å²) in [6.45, 7) is 0. The lowest BCUT2D eigenvalue weighted by molar-refractivity contribution is -0.446. The molecule has 0 aliphatic rings. The van der Waals surface area contributed by atoms with Gasteiger partial charge in [0.05, 0.1) is 17.4 Å². The Morgan fingerprint density at radius 1 is 1.55 bits per heavy atom. The van der Waals surface area contributed by atoms with E-state index in [4.69, 9.17) is 11.6 Å². The van der Waals surface area contributed by atoms with E-state index in [0.717, 1.165) is 0 Å². The molecule has 1 heterocycles. The third-order valence-electron chi connectivity index (χ3n) is 0.812. The van der Waals surface area contributed by atoms with Crippen molar-refractivity contribution >= 4 is 17.5 Å². The fraction of sp³-hybridized carbons (Fsp3) is 0. The highest BCUT2D eigenvalue weighted by Crippen LogP contribution is 2.04. The van der Waals surface area contributed by atoms with Crippen LogP contribution in [0.5, 0.6) is 0 Å². The van der Waals surface area contributed by atoms with Crippen LogP contribution in [0.3, 0.4) is 0 Å². The first-order valence-corrected chi connectivity index (χ1v) is 2.95. The van der Waals surface area contributed by atoms with Crippen molar-refractivity contribution in [1.29, 1.82) is 0 Å². The summed E-state index contributed by atoms with van der Waals surface area (Å²) in [7, 11) is 0. The zero-order chi connectivity index (χ0) is 8.27. The molecule has 0 spiro atoms. The van der Waals surface area contributed by atoms with Gasteiger partial charge in [0.2, 0.25) is 0 Å². The Bertz CT molecular complexity index is 261. The Morgan fingerprint density at radius 3 is 2.55 bits per heavy atom. The van der Waals surface area contributed by atoms with Crippen molar-refractivity contribution in [2.45, 2.75) is 0 Å². The van der Waals surface area contributed by atoms with E-state index in [9.17, 15) is 10.1 Å². The van der Waals surface area contributed by atoms with Crippen molar-refractivity contribution < 1.29 is 5.03 Å². The van der Waals surface area contributed by atoms with Crippen LogP contribution in [0.2, 0.25) is 5.02 Å². The second-order valence-electron chi connectivity index (χ2n) is 1.59. The summed E-state index contributed by atoms with van der Waals surface area (Å²) in [5, 5.41) is 9.42. The quantitative estimate of drug-likeness (QED) is 0.528. The first kappa shape index (κ1) is 7.67. The molecule has 0 saturated carbocycles. The molecule has 0 saturated heterocycles. The van der Waals surface area contributed by atoms with Gasteiger partial charge in [0.25, 0.3) is 5.95 Å². The third kappa shape index (κ3) is 2.34.